The zero-order chi connectivity index (χ0) is 20.9. The molecule has 0 fully saturated rings. The number of para-hydroxylation sites is 3. The molecular weight excluding hydrogens is 430 g/mol. The molecule has 0 bridgehead atoms. The average Bonchev–Trinajstić information content (AvgIpc) is 3.18. The number of hydrogen-bond acceptors (Lipinski definition) is 5. The Bertz CT molecular complexity index is 1690. The van der Waals surface area contributed by atoms with Crippen LogP contribution in [0.5, 0.6) is 0 Å². The second-order valence-corrected chi connectivity index (χ2v) is 8.50. The molecular formula is C23H14ClN5OS. The van der Waals surface area contributed by atoms with E-state index in [4.69, 9.17) is 21.6 Å². The molecule has 0 spiro atoms. The van der Waals surface area contributed by atoms with Gasteiger partial charge in [-0.3, -0.25) is 13.6 Å². The van der Waals surface area contributed by atoms with Crippen LogP contribution in [0.4, 0.5) is 0 Å². The Kier molecular flexibility index (Phi) is 4.19. The van der Waals surface area contributed by atoms with Crippen LogP contribution in [0.25, 0.3) is 33.2 Å². The van der Waals surface area contributed by atoms with Crippen LogP contribution in [0.3, 0.4) is 0 Å². The van der Waals surface area contributed by atoms with Crippen LogP contribution in [0, 0.1) is 0 Å². The van der Waals surface area contributed by atoms with Crippen molar-refractivity contribution in [2.24, 2.45) is 0 Å². The Morgan fingerprint density at radius 3 is 2.61 bits per heavy atom. The predicted octanol–water partition coefficient (Wildman–Crippen LogP) is 4.99. The van der Waals surface area contributed by atoms with Crippen molar-refractivity contribution in [3.8, 4) is 0 Å². The van der Waals surface area contributed by atoms with Gasteiger partial charge in [-0.25, -0.2) is 15.0 Å². The number of nitrogens with zero attached hydrogens (tertiary/aromatic N) is 5. The van der Waals surface area contributed by atoms with Crippen molar-refractivity contribution in [3.05, 3.63) is 94.0 Å². The third kappa shape index (κ3) is 3.05. The summed E-state index contributed by atoms with van der Waals surface area (Å²) < 4.78 is 3.53. The van der Waals surface area contributed by atoms with Gasteiger partial charge in [0.25, 0.3) is 5.56 Å². The molecule has 31 heavy (non-hydrogen) atoms. The highest BCUT2D eigenvalue weighted by Crippen LogP contribution is 2.30. The topological polar surface area (TPSA) is 64.6 Å². The first-order chi connectivity index (χ1) is 15.2. The Morgan fingerprint density at radius 2 is 1.71 bits per heavy atom. The van der Waals surface area contributed by atoms with E-state index < -0.39 is 0 Å². The van der Waals surface area contributed by atoms with Gasteiger partial charge in [-0.15, -0.1) is 0 Å². The Hall–Kier alpha value is -3.42. The van der Waals surface area contributed by atoms with Crippen molar-refractivity contribution < 1.29 is 0 Å². The number of fused-ring (bicyclic) bond motifs is 6. The summed E-state index contributed by atoms with van der Waals surface area (Å²) in [6.07, 6.45) is 1.58. The minimum absolute atomic E-state index is 0.159. The van der Waals surface area contributed by atoms with Crippen LogP contribution in [0.2, 0.25) is 5.02 Å². The van der Waals surface area contributed by atoms with Crippen LogP contribution in [-0.4, -0.2) is 23.8 Å². The molecule has 0 aliphatic rings. The highest BCUT2D eigenvalue weighted by molar-refractivity contribution is 7.98. The average molecular weight is 444 g/mol. The number of thioether (sulfide) groups is 1. The minimum Gasteiger partial charge on any atom is -0.271 e. The molecule has 0 radical (unpaired) electrons. The lowest BCUT2D eigenvalue weighted by molar-refractivity contribution is 0.948. The third-order valence-electron chi connectivity index (χ3n) is 5.14. The van der Waals surface area contributed by atoms with E-state index in [1.165, 1.54) is 16.2 Å². The molecule has 0 saturated carbocycles. The van der Waals surface area contributed by atoms with Gasteiger partial charge in [-0.2, -0.15) is 0 Å². The molecule has 150 valence electrons. The lowest BCUT2D eigenvalue weighted by Gasteiger charge is -2.09. The SMILES string of the molecule is O=c1cc(CSc2nc3ccccc3c3nc4ccccc4n23)nc2ccc(Cl)cn12. The summed E-state index contributed by atoms with van der Waals surface area (Å²) in [7, 11) is 0. The molecule has 6 aromatic rings. The fraction of sp³-hybridized carbons (Fsp3) is 0.0435. The van der Waals surface area contributed by atoms with Gasteiger partial charge in [0.1, 0.15) is 11.3 Å². The van der Waals surface area contributed by atoms with Gasteiger partial charge in [0.2, 0.25) is 0 Å². The summed E-state index contributed by atoms with van der Waals surface area (Å²) in [5.41, 5.74) is 4.76. The van der Waals surface area contributed by atoms with E-state index >= 15 is 0 Å². The van der Waals surface area contributed by atoms with Crippen molar-refractivity contribution in [2.45, 2.75) is 10.9 Å². The van der Waals surface area contributed by atoms with Gasteiger partial charge >= 0.3 is 0 Å². The van der Waals surface area contributed by atoms with Crippen LogP contribution in [0.1, 0.15) is 5.69 Å². The van der Waals surface area contributed by atoms with E-state index in [0.29, 0.717) is 22.1 Å². The molecule has 0 saturated heterocycles. The number of aromatic nitrogens is 5. The van der Waals surface area contributed by atoms with Crippen LogP contribution in [-0.2, 0) is 5.75 Å². The monoisotopic (exact) mass is 443 g/mol. The Labute approximate surface area is 185 Å². The first-order valence-electron chi connectivity index (χ1n) is 9.64. The zero-order valence-electron chi connectivity index (χ0n) is 16.1. The van der Waals surface area contributed by atoms with Crippen molar-refractivity contribution in [3.63, 3.8) is 0 Å². The Balaban J connectivity index is 1.49. The molecule has 0 amide bonds. The van der Waals surface area contributed by atoms with Crippen LogP contribution < -0.4 is 5.56 Å². The number of hydrogen-bond donors (Lipinski definition) is 0. The molecule has 0 N–H and O–H groups in total. The molecule has 4 aromatic heterocycles. The first-order valence-corrected chi connectivity index (χ1v) is 11.0. The summed E-state index contributed by atoms with van der Waals surface area (Å²) >= 11 is 7.54. The van der Waals surface area contributed by atoms with Crippen molar-refractivity contribution >= 4 is 56.6 Å². The molecule has 6 rings (SSSR count). The number of pyridine rings is 1. The largest absolute Gasteiger partial charge is 0.271 e. The van der Waals surface area contributed by atoms with E-state index in [1.807, 2.05) is 48.5 Å². The van der Waals surface area contributed by atoms with E-state index in [0.717, 1.165) is 32.7 Å². The zero-order valence-corrected chi connectivity index (χ0v) is 17.6. The standard InChI is InChI=1S/C23H14ClN5OS/c24-14-9-10-20-25-15(11-21(30)28(20)12-14)13-31-23-27-17-6-2-1-5-16(17)22-26-18-7-3-4-8-19(18)29(22)23/h1-12H,13H2. The van der Waals surface area contributed by atoms with Gasteiger partial charge in [-0.1, -0.05) is 47.6 Å². The van der Waals surface area contributed by atoms with Crippen molar-refractivity contribution in [1.82, 2.24) is 23.8 Å². The summed E-state index contributed by atoms with van der Waals surface area (Å²) in [5, 5.41) is 2.30. The lowest BCUT2D eigenvalue weighted by Crippen LogP contribution is -2.15. The molecule has 0 aliphatic carbocycles. The third-order valence-corrected chi connectivity index (χ3v) is 6.33. The molecule has 6 nitrogen and oxygen atoms in total. The molecule has 0 aliphatic heterocycles. The Morgan fingerprint density at radius 1 is 0.903 bits per heavy atom. The van der Waals surface area contributed by atoms with Crippen molar-refractivity contribution in [2.75, 3.05) is 0 Å². The molecule has 0 atom stereocenters. The van der Waals surface area contributed by atoms with Gasteiger partial charge in [-0.05, 0) is 36.4 Å². The maximum atomic E-state index is 12.5. The molecule has 4 heterocycles. The second-order valence-electron chi connectivity index (χ2n) is 7.12. The maximum absolute atomic E-state index is 12.5. The van der Waals surface area contributed by atoms with Crippen LogP contribution in [0.15, 0.2) is 82.9 Å². The fourth-order valence-corrected chi connectivity index (χ4v) is 4.81. The van der Waals surface area contributed by atoms with E-state index in [9.17, 15) is 4.79 Å². The highest BCUT2D eigenvalue weighted by Gasteiger charge is 2.14. The summed E-state index contributed by atoms with van der Waals surface area (Å²) in [6, 6.07) is 21.0. The predicted molar refractivity (Wildman–Crippen MR) is 124 cm³/mol. The summed E-state index contributed by atoms with van der Waals surface area (Å²) in [4.78, 5) is 26.9. The van der Waals surface area contributed by atoms with Gasteiger partial charge in [0.05, 0.1) is 27.3 Å². The first kappa shape index (κ1) is 18.4. The van der Waals surface area contributed by atoms with Crippen molar-refractivity contribution in [1.29, 1.82) is 0 Å². The van der Waals surface area contributed by atoms with E-state index in [2.05, 4.69) is 9.38 Å². The summed E-state index contributed by atoms with van der Waals surface area (Å²) in [5.74, 6) is 0.501. The second kappa shape index (κ2) is 7.08. The van der Waals surface area contributed by atoms with E-state index in [-0.39, 0.29) is 5.56 Å². The highest BCUT2D eigenvalue weighted by atomic mass is 35.5. The number of benzene rings is 2. The smallest absolute Gasteiger partial charge is 0.258 e. The number of halogens is 1. The normalized spacial score (nSPS) is 11.8. The van der Waals surface area contributed by atoms with Gasteiger partial charge in [0.15, 0.2) is 5.16 Å². The molecule has 0 unspecified atom stereocenters. The number of rotatable bonds is 3. The minimum atomic E-state index is -0.159. The van der Waals surface area contributed by atoms with Gasteiger partial charge in [0, 0.05) is 23.4 Å². The summed E-state index contributed by atoms with van der Waals surface area (Å²) in [6.45, 7) is 0. The van der Waals surface area contributed by atoms with Gasteiger partial charge < -0.3 is 0 Å². The number of imidazole rings is 1. The fourth-order valence-electron chi connectivity index (χ4n) is 3.75. The molecule has 8 heteroatoms. The lowest BCUT2D eigenvalue weighted by atomic mass is 10.2. The molecule has 2 aromatic carbocycles. The quantitative estimate of drug-likeness (QED) is 0.285. The maximum Gasteiger partial charge on any atom is 0.258 e. The van der Waals surface area contributed by atoms with E-state index in [1.54, 1.807) is 24.4 Å². The van der Waals surface area contributed by atoms with Crippen LogP contribution >= 0.6 is 23.4 Å².